The number of aromatic nitrogens is 4. The largest absolute Gasteiger partial charge is 0.390 e. The highest BCUT2D eigenvalue weighted by Crippen LogP contribution is 2.24. The van der Waals surface area contributed by atoms with Gasteiger partial charge in [0.05, 0.1) is 12.3 Å². The molecule has 7 heteroatoms. The quantitative estimate of drug-likeness (QED) is 0.879. The topological polar surface area (TPSA) is 92.9 Å². The molecule has 2 N–H and O–H groups in total. The Balaban J connectivity index is 2.16. The van der Waals surface area contributed by atoms with Crippen LogP contribution in [-0.4, -0.2) is 31.0 Å². The van der Waals surface area contributed by atoms with Gasteiger partial charge in [0.25, 0.3) is 0 Å². The lowest BCUT2D eigenvalue weighted by Crippen LogP contribution is -2.26. The Kier molecular flexibility index (Phi) is 4.32. The van der Waals surface area contributed by atoms with Crippen LogP contribution in [-0.2, 0) is 23.4 Å². The zero-order chi connectivity index (χ0) is 15.5. The van der Waals surface area contributed by atoms with Crippen LogP contribution in [0.1, 0.15) is 32.2 Å². The molecule has 7 nitrogen and oxygen atoms in total. The third-order valence-electron chi connectivity index (χ3n) is 2.89. The van der Waals surface area contributed by atoms with Crippen LogP contribution in [0, 0.1) is 0 Å². The number of anilines is 1. The van der Waals surface area contributed by atoms with Crippen molar-refractivity contribution in [3.63, 3.8) is 0 Å². The summed E-state index contributed by atoms with van der Waals surface area (Å²) in [5.41, 5.74) is 0.974. The normalized spacial score (nSPS) is 11.4. The fourth-order valence-electron chi connectivity index (χ4n) is 2.14. The third-order valence-corrected chi connectivity index (χ3v) is 2.89. The van der Waals surface area contributed by atoms with Gasteiger partial charge >= 0.3 is 0 Å². The molecule has 0 bridgehead atoms. The van der Waals surface area contributed by atoms with Crippen molar-refractivity contribution < 1.29 is 9.90 Å². The first-order valence-electron chi connectivity index (χ1n) is 6.66. The molecular formula is C14H19N5O2. The van der Waals surface area contributed by atoms with E-state index in [1.165, 1.54) is 4.68 Å². The summed E-state index contributed by atoms with van der Waals surface area (Å²) >= 11 is 0. The second-order valence-electron chi connectivity index (χ2n) is 5.71. The summed E-state index contributed by atoms with van der Waals surface area (Å²) in [6.45, 7) is 5.78. The molecule has 21 heavy (non-hydrogen) atoms. The Morgan fingerprint density at radius 3 is 2.71 bits per heavy atom. The molecule has 0 saturated carbocycles. The van der Waals surface area contributed by atoms with Crippen molar-refractivity contribution in [1.82, 2.24) is 20.0 Å². The van der Waals surface area contributed by atoms with E-state index in [4.69, 9.17) is 0 Å². The molecule has 2 aromatic rings. The highest BCUT2D eigenvalue weighted by molar-refractivity contribution is 5.89. The van der Waals surface area contributed by atoms with Crippen LogP contribution in [0.3, 0.4) is 0 Å². The minimum Gasteiger partial charge on any atom is -0.390 e. The van der Waals surface area contributed by atoms with Crippen LogP contribution in [0.25, 0.3) is 0 Å². The molecule has 2 aromatic heterocycles. The van der Waals surface area contributed by atoms with Crippen molar-refractivity contribution in [1.29, 1.82) is 0 Å². The molecule has 112 valence electrons. The zero-order valence-electron chi connectivity index (χ0n) is 12.4. The maximum Gasteiger partial charge on any atom is 0.247 e. The van der Waals surface area contributed by atoms with Gasteiger partial charge in [0.2, 0.25) is 5.91 Å². The average molecular weight is 289 g/mol. The number of pyridine rings is 1. The summed E-state index contributed by atoms with van der Waals surface area (Å²) in [5.74, 6) is 0.246. The van der Waals surface area contributed by atoms with E-state index in [0.717, 1.165) is 5.69 Å². The highest BCUT2D eigenvalue weighted by Gasteiger charge is 2.25. The molecule has 2 heterocycles. The number of nitrogens with one attached hydrogen (secondary N) is 1. The van der Waals surface area contributed by atoms with Crippen LogP contribution in [0.15, 0.2) is 24.4 Å². The predicted octanol–water partition coefficient (Wildman–Crippen LogP) is 1.10. The number of amides is 1. The molecule has 0 aliphatic heterocycles. The molecule has 2 rings (SSSR count). The molecule has 0 radical (unpaired) electrons. The molecule has 0 spiro atoms. The van der Waals surface area contributed by atoms with Gasteiger partial charge in [0.1, 0.15) is 18.1 Å². The number of carbonyl (C=O) groups excluding carboxylic acids is 1. The predicted molar refractivity (Wildman–Crippen MR) is 77.5 cm³/mol. The van der Waals surface area contributed by atoms with Crippen LogP contribution in [0.4, 0.5) is 5.82 Å². The molecule has 0 atom stereocenters. The van der Waals surface area contributed by atoms with Crippen LogP contribution >= 0.6 is 0 Å². The van der Waals surface area contributed by atoms with Crippen molar-refractivity contribution in [3.05, 3.63) is 35.8 Å². The Bertz CT molecular complexity index is 616. The number of aliphatic hydroxyl groups excluding tert-OH is 1. The minimum absolute atomic E-state index is 0.0240. The van der Waals surface area contributed by atoms with Crippen molar-refractivity contribution in [2.75, 3.05) is 5.32 Å². The number of hydrogen-bond donors (Lipinski definition) is 2. The monoisotopic (exact) mass is 289 g/mol. The van der Waals surface area contributed by atoms with E-state index in [1.54, 1.807) is 24.4 Å². The number of hydrogen-bond acceptors (Lipinski definition) is 5. The molecule has 0 saturated heterocycles. The number of rotatable bonds is 4. The van der Waals surface area contributed by atoms with E-state index < -0.39 is 0 Å². The first-order chi connectivity index (χ1) is 9.91. The molecule has 0 fully saturated rings. The Hall–Kier alpha value is -2.28. The maximum absolute atomic E-state index is 12.1. The summed E-state index contributed by atoms with van der Waals surface area (Å²) in [6, 6.07) is 5.28. The lowest BCUT2D eigenvalue weighted by Gasteiger charge is -2.20. The second-order valence-corrected chi connectivity index (χ2v) is 5.71. The molecule has 0 aliphatic carbocycles. The molecular weight excluding hydrogens is 270 g/mol. The average Bonchev–Trinajstić information content (AvgIpc) is 2.82. The number of carbonyl (C=O) groups is 1. The summed E-state index contributed by atoms with van der Waals surface area (Å²) in [5, 5.41) is 19.9. The van der Waals surface area contributed by atoms with Gasteiger partial charge in [-0.15, -0.1) is 5.10 Å². The molecule has 1 amide bonds. The summed E-state index contributed by atoms with van der Waals surface area (Å²) in [4.78, 5) is 16.1. The van der Waals surface area contributed by atoms with Crippen molar-refractivity contribution in [2.45, 2.75) is 39.3 Å². The smallest absolute Gasteiger partial charge is 0.247 e. The van der Waals surface area contributed by atoms with E-state index in [0.29, 0.717) is 11.5 Å². The highest BCUT2D eigenvalue weighted by atomic mass is 16.3. The SMILES string of the molecule is CC(C)(C)c1c(CO)nnn1CC(=O)Nc1ccccn1. The van der Waals surface area contributed by atoms with Crippen LogP contribution in [0.2, 0.25) is 0 Å². The van der Waals surface area contributed by atoms with E-state index in [9.17, 15) is 9.90 Å². The third kappa shape index (κ3) is 3.63. The van der Waals surface area contributed by atoms with Crippen molar-refractivity contribution in [3.8, 4) is 0 Å². The van der Waals surface area contributed by atoms with Crippen molar-refractivity contribution in [2.24, 2.45) is 0 Å². The zero-order valence-corrected chi connectivity index (χ0v) is 12.4. The van der Waals surface area contributed by atoms with Gasteiger partial charge in [-0.2, -0.15) is 0 Å². The lowest BCUT2D eigenvalue weighted by molar-refractivity contribution is -0.117. The van der Waals surface area contributed by atoms with E-state index in [1.807, 2.05) is 20.8 Å². The summed E-state index contributed by atoms with van der Waals surface area (Å²) in [7, 11) is 0. The van der Waals surface area contributed by atoms with E-state index in [2.05, 4.69) is 20.6 Å². The lowest BCUT2D eigenvalue weighted by atomic mass is 9.90. The number of aliphatic hydroxyl groups is 1. The van der Waals surface area contributed by atoms with Crippen molar-refractivity contribution >= 4 is 11.7 Å². The standard InChI is InChI=1S/C14H19N5O2/c1-14(2,3)13-10(9-20)17-18-19(13)8-12(21)16-11-6-4-5-7-15-11/h4-7,20H,8-9H2,1-3H3,(H,15,16,21). The summed E-state index contributed by atoms with van der Waals surface area (Å²) < 4.78 is 1.52. The second kappa shape index (κ2) is 6.01. The fourth-order valence-corrected chi connectivity index (χ4v) is 2.14. The van der Waals surface area contributed by atoms with Gasteiger partial charge in [0, 0.05) is 11.6 Å². The van der Waals surface area contributed by atoms with Gasteiger partial charge < -0.3 is 10.4 Å². The van der Waals surface area contributed by atoms with E-state index in [-0.39, 0.29) is 24.5 Å². The minimum atomic E-state index is -0.271. The van der Waals surface area contributed by atoms with Gasteiger partial charge in [-0.1, -0.05) is 32.1 Å². The Morgan fingerprint density at radius 2 is 2.14 bits per heavy atom. The van der Waals surface area contributed by atoms with Gasteiger partial charge in [0.15, 0.2) is 0 Å². The van der Waals surface area contributed by atoms with Crippen LogP contribution < -0.4 is 5.32 Å². The summed E-state index contributed by atoms with van der Waals surface area (Å²) in [6.07, 6.45) is 1.61. The van der Waals surface area contributed by atoms with E-state index >= 15 is 0 Å². The Labute approximate surface area is 123 Å². The van der Waals surface area contributed by atoms with Gasteiger partial charge in [-0.25, -0.2) is 9.67 Å². The van der Waals surface area contributed by atoms with Gasteiger partial charge in [-0.05, 0) is 12.1 Å². The first kappa shape index (κ1) is 15.1. The maximum atomic E-state index is 12.1. The fraction of sp³-hybridized carbons (Fsp3) is 0.429. The van der Waals surface area contributed by atoms with Crippen LogP contribution in [0.5, 0.6) is 0 Å². The Morgan fingerprint density at radius 1 is 1.38 bits per heavy atom. The number of nitrogens with zero attached hydrogens (tertiary/aromatic N) is 4. The molecule has 0 aromatic carbocycles. The van der Waals surface area contributed by atoms with Gasteiger partial charge in [-0.3, -0.25) is 4.79 Å². The molecule has 0 unspecified atom stereocenters. The molecule has 0 aliphatic rings. The first-order valence-corrected chi connectivity index (χ1v) is 6.66.